The molecule has 1 heterocycles. The van der Waals surface area contributed by atoms with Crippen molar-refractivity contribution < 1.29 is 9.59 Å². The monoisotopic (exact) mass is 388 g/mol. The Labute approximate surface area is 169 Å². The van der Waals surface area contributed by atoms with E-state index in [0.29, 0.717) is 30.6 Å². The Hall–Kier alpha value is -3.41. The van der Waals surface area contributed by atoms with Crippen LogP contribution in [0.4, 0.5) is 5.69 Å². The van der Waals surface area contributed by atoms with Crippen molar-refractivity contribution in [2.75, 3.05) is 11.4 Å². The molecule has 0 spiro atoms. The van der Waals surface area contributed by atoms with Crippen molar-refractivity contribution in [1.29, 1.82) is 5.41 Å². The molecule has 6 heteroatoms. The fraction of sp³-hybridized carbons (Fsp3) is 0.261. The number of carbonyl (C=O) groups excluding carboxylic acids is 2. The number of nitrogens with zero attached hydrogens (tertiary/aromatic N) is 1. The number of nitrogen functional groups attached to an aromatic ring is 1. The summed E-state index contributed by atoms with van der Waals surface area (Å²) in [7, 11) is 0. The van der Waals surface area contributed by atoms with Crippen LogP contribution in [0.2, 0.25) is 0 Å². The van der Waals surface area contributed by atoms with Crippen molar-refractivity contribution in [2.24, 2.45) is 11.7 Å². The van der Waals surface area contributed by atoms with E-state index in [9.17, 15) is 9.59 Å². The molecule has 6 nitrogen and oxygen atoms in total. The summed E-state index contributed by atoms with van der Waals surface area (Å²) in [5.41, 5.74) is 9.75. The van der Waals surface area contributed by atoms with Crippen molar-refractivity contribution in [3.05, 3.63) is 76.9 Å². The molecule has 4 N–H and O–H groups in total. The molecule has 0 bridgehead atoms. The highest BCUT2D eigenvalue weighted by molar-refractivity contribution is 6.06. The topological polar surface area (TPSA) is 99.3 Å². The van der Waals surface area contributed by atoms with Crippen LogP contribution in [0.1, 0.15) is 29.5 Å². The molecule has 0 fully saturated rings. The van der Waals surface area contributed by atoms with E-state index < -0.39 is 0 Å². The zero-order valence-electron chi connectivity index (χ0n) is 16.2. The van der Waals surface area contributed by atoms with Crippen LogP contribution in [-0.4, -0.2) is 24.2 Å². The third-order valence-corrected chi connectivity index (χ3v) is 5.63. The summed E-state index contributed by atoms with van der Waals surface area (Å²) in [6.45, 7) is 1.04. The summed E-state index contributed by atoms with van der Waals surface area (Å²) in [6.07, 6.45) is 4.16. The van der Waals surface area contributed by atoms with Gasteiger partial charge in [0.2, 0.25) is 11.8 Å². The van der Waals surface area contributed by atoms with Gasteiger partial charge in [-0.3, -0.25) is 15.0 Å². The first-order chi connectivity index (χ1) is 14.0. The number of hydrogen-bond acceptors (Lipinski definition) is 3. The Kier molecular flexibility index (Phi) is 5.16. The van der Waals surface area contributed by atoms with Gasteiger partial charge in [-0.05, 0) is 36.5 Å². The fourth-order valence-corrected chi connectivity index (χ4v) is 4.05. The van der Waals surface area contributed by atoms with Crippen LogP contribution >= 0.6 is 0 Å². The Bertz CT molecular complexity index is 994. The summed E-state index contributed by atoms with van der Waals surface area (Å²) < 4.78 is 0. The van der Waals surface area contributed by atoms with Gasteiger partial charge in [0.15, 0.2) is 0 Å². The highest BCUT2D eigenvalue weighted by Gasteiger charge is 2.36. The Balaban J connectivity index is 1.41. The maximum absolute atomic E-state index is 13.2. The number of amides is 2. The van der Waals surface area contributed by atoms with Crippen molar-refractivity contribution in [1.82, 2.24) is 5.32 Å². The van der Waals surface area contributed by atoms with E-state index in [-0.39, 0.29) is 23.6 Å². The standard InChI is InChI=1S/C23H24N4O2/c24-21(25)17-10-8-15(9-11-17)14-26-22(28)18-5-3-6-19(18)23(29)27-13-12-16-4-1-2-7-20(16)27/h1-2,4-5,7-11,19H,3,6,12-14H2,(H3,24,25)(H,26,28). The average Bonchev–Trinajstić information content (AvgIpc) is 3.39. The molecule has 1 aliphatic heterocycles. The summed E-state index contributed by atoms with van der Waals surface area (Å²) in [5, 5.41) is 10.4. The predicted molar refractivity (Wildman–Crippen MR) is 113 cm³/mol. The fourth-order valence-electron chi connectivity index (χ4n) is 4.05. The summed E-state index contributed by atoms with van der Waals surface area (Å²) in [6, 6.07) is 15.2. The van der Waals surface area contributed by atoms with Crippen LogP contribution in [0.25, 0.3) is 0 Å². The zero-order valence-corrected chi connectivity index (χ0v) is 16.2. The third kappa shape index (κ3) is 3.78. The summed E-state index contributed by atoms with van der Waals surface area (Å²) in [4.78, 5) is 27.8. The number of carbonyl (C=O) groups is 2. The lowest BCUT2D eigenvalue weighted by Crippen LogP contribution is -2.38. The van der Waals surface area contributed by atoms with Crippen molar-refractivity contribution >= 4 is 23.3 Å². The molecule has 0 saturated carbocycles. The van der Waals surface area contributed by atoms with Crippen molar-refractivity contribution in [3.8, 4) is 0 Å². The van der Waals surface area contributed by atoms with Gasteiger partial charge in [0, 0.05) is 29.9 Å². The van der Waals surface area contributed by atoms with Gasteiger partial charge in [-0.15, -0.1) is 0 Å². The van der Waals surface area contributed by atoms with Crippen LogP contribution in [0.5, 0.6) is 0 Å². The molecule has 2 aliphatic rings. The quantitative estimate of drug-likeness (QED) is 0.542. The number of nitrogens with one attached hydrogen (secondary N) is 2. The number of amidine groups is 1. The maximum atomic E-state index is 13.2. The maximum Gasteiger partial charge on any atom is 0.247 e. The molecular weight excluding hydrogens is 364 g/mol. The second-order valence-electron chi connectivity index (χ2n) is 7.45. The number of rotatable bonds is 5. The lowest BCUT2D eigenvalue weighted by molar-refractivity contribution is -0.124. The van der Waals surface area contributed by atoms with E-state index in [1.807, 2.05) is 41.3 Å². The van der Waals surface area contributed by atoms with Gasteiger partial charge in [-0.1, -0.05) is 48.5 Å². The van der Waals surface area contributed by atoms with Crippen LogP contribution in [-0.2, 0) is 22.6 Å². The second kappa shape index (κ2) is 7.91. The Morgan fingerprint density at radius 1 is 1.14 bits per heavy atom. The molecule has 29 heavy (non-hydrogen) atoms. The first-order valence-electron chi connectivity index (χ1n) is 9.85. The lowest BCUT2D eigenvalue weighted by Gasteiger charge is -2.23. The highest BCUT2D eigenvalue weighted by Crippen LogP contribution is 2.34. The summed E-state index contributed by atoms with van der Waals surface area (Å²) in [5.74, 6) is -0.550. The first-order valence-corrected chi connectivity index (χ1v) is 9.85. The van der Waals surface area contributed by atoms with Gasteiger partial charge in [0.05, 0.1) is 5.92 Å². The second-order valence-corrected chi connectivity index (χ2v) is 7.45. The number of benzene rings is 2. The Morgan fingerprint density at radius 3 is 2.66 bits per heavy atom. The van der Waals surface area contributed by atoms with Gasteiger partial charge < -0.3 is 16.0 Å². The molecule has 0 aromatic heterocycles. The minimum atomic E-state index is -0.388. The summed E-state index contributed by atoms with van der Waals surface area (Å²) >= 11 is 0. The molecule has 0 radical (unpaired) electrons. The van der Waals surface area contributed by atoms with Crippen LogP contribution in [0.15, 0.2) is 60.2 Å². The largest absolute Gasteiger partial charge is 0.384 e. The first kappa shape index (κ1) is 18.9. The van der Waals surface area contributed by atoms with E-state index >= 15 is 0 Å². The van der Waals surface area contributed by atoms with Crippen LogP contribution in [0, 0.1) is 11.3 Å². The molecule has 4 rings (SSSR count). The number of hydrogen-bond donors (Lipinski definition) is 3. The van der Waals surface area contributed by atoms with Crippen LogP contribution < -0.4 is 16.0 Å². The van der Waals surface area contributed by atoms with E-state index in [1.54, 1.807) is 12.1 Å². The number of para-hydroxylation sites is 1. The average molecular weight is 388 g/mol. The normalized spacial score (nSPS) is 17.6. The number of nitrogens with two attached hydrogens (primary N) is 1. The van der Waals surface area contributed by atoms with Gasteiger partial charge in [0.25, 0.3) is 0 Å². The molecule has 2 aromatic rings. The minimum absolute atomic E-state index is 0.0136. The van der Waals surface area contributed by atoms with Gasteiger partial charge in [-0.25, -0.2) is 0 Å². The molecular formula is C23H24N4O2. The Morgan fingerprint density at radius 2 is 1.90 bits per heavy atom. The molecule has 1 unspecified atom stereocenters. The van der Waals surface area contributed by atoms with E-state index in [4.69, 9.17) is 11.1 Å². The number of anilines is 1. The number of allylic oxidation sites excluding steroid dienone is 1. The lowest BCUT2D eigenvalue weighted by atomic mass is 9.98. The van der Waals surface area contributed by atoms with Gasteiger partial charge in [0.1, 0.15) is 5.84 Å². The predicted octanol–water partition coefficient (Wildman–Crippen LogP) is 2.51. The van der Waals surface area contributed by atoms with E-state index in [2.05, 4.69) is 11.4 Å². The minimum Gasteiger partial charge on any atom is -0.384 e. The molecule has 2 aromatic carbocycles. The number of fused-ring (bicyclic) bond motifs is 1. The van der Waals surface area contributed by atoms with Gasteiger partial charge in [-0.2, -0.15) is 0 Å². The van der Waals surface area contributed by atoms with Crippen LogP contribution in [0.3, 0.4) is 0 Å². The molecule has 0 saturated heterocycles. The zero-order chi connectivity index (χ0) is 20.4. The van der Waals surface area contributed by atoms with Gasteiger partial charge >= 0.3 is 0 Å². The van der Waals surface area contributed by atoms with Crippen molar-refractivity contribution in [2.45, 2.75) is 25.8 Å². The SMILES string of the molecule is N=C(N)c1ccc(CNC(=O)C2=CCCC2C(=O)N2CCc3ccccc32)cc1. The molecule has 148 valence electrons. The smallest absolute Gasteiger partial charge is 0.247 e. The molecule has 1 atom stereocenters. The van der Waals surface area contributed by atoms with E-state index in [0.717, 1.165) is 24.1 Å². The molecule has 1 aliphatic carbocycles. The molecule has 2 amide bonds. The van der Waals surface area contributed by atoms with E-state index in [1.165, 1.54) is 5.56 Å². The highest BCUT2D eigenvalue weighted by atomic mass is 16.2. The third-order valence-electron chi connectivity index (χ3n) is 5.63. The van der Waals surface area contributed by atoms with Crippen molar-refractivity contribution in [3.63, 3.8) is 0 Å².